The first-order chi connectivity index (χ1) is 16.3. The molecule has 3 nitrogen and oxygen atoms in total. The molecule has 5 aromatic carbocycles. The van der Waals surface area contributed by atoms with Crippen LogP contribution < -0.4 is 4.90 Å². The third kappa shape index (κ3) is 3.92. The van der Waals surface area contributed by atoms with E-state index in [-0.39, 0.29) is 0 Å². The van der Waals surface area contributed by atoms with E-state index in [0.717, 1.165) is 33.6 Å². The molecule has 0 radical (unpaired) electrons. The average Bonchev–Trinajstić information content (AvgIpc) is 2.90. The lowest BCUT2D eigenvalue weighted by Crippen LogP contribution is -2.11. The molecule has 5 aromatic rings. The summed E-state index contributed by atoms with van der Waals surface area (Å²) in [5.74, 6) is 0. The van der Waals surface area contributed by atoms with Crippen LogP contribution in [0.1, 0.15) is 11.1 Å². The molecule has 0 saturated heterocycles. The van der Waals surface area contributed by atoms with Gasteiger partial charge in [0.2, 0.25) is 0 Å². The molecule has 0 N–H and O–H groups in total. The summed E-state index contributed by atoms with van der Waals surface area (Å²) < 4.78 is 0. The minimum absolute atomic E-state index is 0.611. The maximum absolute atomic E-state index is 9.28. The number of nitrogens with zero attached hydrogens (tertiary/aromatic N) is 3. The van der Waals surface area contributed by atoms with Gasteiger partial charge in [0.1, 0.15) is 0 Å². The Balaban J connectivity index is 1.80. The van der Waals surface area contributed by atoms with Crippen LogP contribution in [0.2, 0.25) is 0 Å². The quantitative estimate of drug-likeness (QED) is 0.298. The van der Waals surface area contributed by atoms with Gasteiger partial charge in [0.15, 0.2) is 0 Å². The summed E-state index contributed by atoms with van der Waals surface area (Å²) in [6.07, 6.45) is 0. The Labute approximate surface area is 193 Å². The first-order valence-corrected chi connectivity index (χ1v) is 10.7. The first kappa shape index (κ1) is 20.1. The van der Waals surface area contributed by atoms with Crippen molar-refractivity contribution in [2.24, 2.45) is 0 Å². The predicted molar refractivity (Wildman–Crippen MR) is 133 cm³/mol. The maximum Gasteiger partial charge on any atom is 0.0991 e. The van der Waals surface area contributed by atoms with Crippen molar-refractivity contribution in [3.63, 3.8) is 0 Å². The van der Waals surface area contributed by atoms with E-state index in [1.165, 1.54) is 5.39 Å². The molecule has 5 rings (SSSR count). The highest BCUT2D eigenvalue weighted by atomic mass is 15.1. The molecule has 0 unspecified atom stereocenters. The van der Waals surface area contributed by atoms with Crippen LogP contribution in [0.15, 0.2) is 115 Å². The van der Waals surface area contributed by atoms with Gasteiger partial charge in [-0.15, -0.1) is 0 Å². The van der Waals surface area contributed by atoms with Gasteiger partial charge in [-0.2, -0.15) is 10.5 Å². The number of nitriles is 2. The van der Waals surface area contributed by atoms with E-state index in [1.54, 1.807) is 0 Å². The lowest BCUT2D eigenvalue weighted by atomic mass is 9.97. The van der Waals surface area contributed by atoms with Crippen LogP contribution in [0.4, 0.5) is 17.1 Å². The Bertz CT molecular complexity index is 1450. The summed E-state index contributed by atoms with van der Waals surface area (Å²) in [7, 11) is 0. The fourth-order valence-electron chi connectivity index (χ4n) is 4.06. The average molecular weight is 422 g/mol. The highest BCUT2D eigenvalue weighted by molar-refractivity contribution is 5.98. The van der Waals surface area contributed by atoms with Gasteiger partial charge in [0, 0.05) is 16.9 Å². The maximum atomic E-state index is 9.28. The van der Waals surface area contributed by atoms with Crippen molar-refractivity contribution in [1.82, 2.24) is 0 Å². The van der Waals surface area contributed by atoms with Gasteiger partial charge in [-0.1, -0.05) is 54.6 Å². The normalized spacial score (nSPS) is 10.4. The summed E-state index contributed by atoms with van der Waals surface area (Å²) in [6, 6.07) is 42.6. The summed E-state index contributed by atoms with van der Waals surface area (Å²) in [5.41, 5.74) is 6.33. The molecule has 0 saturated carbocycles. The van der Waals surface area contributed by atoms with Crippen molar-refractivity contribution in [1.29, 1.82) is 10.5 Å². The van der Waals surface area contributed by atoms with E-state index in [9.17, 15) is 10.5 Å². The molecule has 0 aromatic heterocycles. The van der Waals surface area contributed by atoms with Gasteiger partial charge in [-0.3, -0.25) is 0 Å². The van der Waals surface area contributed by atoms with E-state index >= 15 is 0 Å². The second-order valence-corrected chi connectivity index (χ2v) is 7.74. The van der Waals surface area contributed by atoms with Crippen LogP contribution in [0.25, 0.3) is 21.9 Å². The molecule has 154 valence electrons. The van der Waals surface area contributed by atoms with E-state index in [2.05, 4.69) is 59.5 Å². The third-order valence-electron chi connectivity index (χ3n) is 5.70. The van der Waals surface area contributed by atoms with Crippen molar-refractivity contribution >= 4 is 27.8 Å². The predicted octanol–water partition coefficient (Wildman–Crippen LogP) is 7.72. The molecule has 0 aliphatic rings. The molecule has 0 heterocycles. The van der Waals surface area contributed by atoms with E-state index in [1.807, 2.05) is 72.8 Å². The van der Waals surface area contributed by atoms with E-state index < -0.39 is 0 Å². The Morgan fingerprint density at radius 1 is 0.515 bits per heavy atom. The fourth-order valence-corrected chi connectivity index (χ4v) is 4.06. The van der Waals surface area contributed by atoms with E-state index in [4.69, 9.17) is 0 Å². The lowest BCUT2D eigenvalue weighted by Gasteiger charge is -2.28. The minimum Gasteiger partial charge on any atom is -0.310 e. The van der Waals surface area contributed by atoms with Crippen molar-refractivity contribution in [2.45, 2.75) is 0 Å². The molecular formula is C30H19N3. The zero-order chi connectivity index (χ0) is 22.6. The molecule has 33 heavy (non-hydrogen) atoms. The SMILES string of the molecule is N#Cc1ccc(N(c2ccc(C#N)cc2)c2cc3ccccc3cc2-c2ccccc2)cc1. The van der Waals surface area contributed by atoms with Gasteiger partial charge in [0.25, 0.3) is 0 Å². The Morgan fingerprint density at radius 2 is 1.00 bits per heavy atom. The van der Waals surface area contributed by atoms with Crippen molar-refractivity contribution in [3.05, 3.63) is 126 Å². The van der Waals surface area contributed by atoms with Crippen molar-refractivity contribution < 1.29 is 0 Å². The van der Waals surface area contributed by atoms with Crippen LogP contribution in [0.3, 0.4) is 0 Å². The zero-order valence-corrected chi connectivity index (χ0v) is 17.8. The van der Waals surface area contributed by atoms with Crippen LogP contribution in [0, 0.1) is 22.7 Å². The van der Waals surface area contributed by atoms with Gasteiger partial charge in [-0.05, 0) is 77.0 Å². The monoisotopic (exact) mass is 421 g/mol. The number of anilines is 3. The third-order valence-corrected chi connectivity index (χ3v) is 5.70. The fraction of sp³-hybridized carbons (Fsp3) is 0. The molecule has 0 aliphatic heterocycles. The van der Waals surface area contributed by atoms with Crippen LogP contribution in [0.5, 0.6) is 0 Å². The topological polar surface area (TPSA) is 50.8 Å². The van der Waals surface area contributed by atoms with Gasteiger partial charge < -0.3 is 4.90 Å². The van der Waals surface area contributed by atoms with Crippen LogP contribution >= 0.6 is 0 Å². The van der Waals surface area contributed by atoms with Crippen molar-refractivity contribution in [2.75, 3.05) is 4.90 Å². The first-order valence-electron chi connectivity index (χ1n) is 10.7. The van der Waals surface area contributed by atoms with Gasteiger partial charge in [0.05, 0.1) is 29.0 Å². The van der Waals surface area contributed by atoms with Crippen LogP contribution in [-0.4, -0.2) is 0 Å². The van der Waals surface area contributed by atoms with Crippen molar-refractivity contribution in [3.8, 4) is 23.3 Å². The number of benzene rings is 5. The largest absolute Gasteiger partial charge is 0.310 e. The number of hydrogen-bond acceptors (Lipinski definition) is 3. The highest BCUT2D eigenvalue weighted by Gasteiger charge is 2.18. The Hall–Kier alpha value is -4.86. The summed E-state index contributed by atoms with van der Waals surface area (Å²) in [6.45, 7) is 0. The molecule has 0 aliphatic carbocycles. The Kier molecular flexibility index (Phi) is 5.30. The smallest absolute Gasteiger partial charge is 0.0991 e. The molecule has 0 amide bonds. The summed E-state index contributed by atoms with van der Waals surface area (Å²) in [5, 5.41) is 20.9. The highest BCUT2D eigenvalue weighted by Crippen LogP contribution is 2.42. The molecular weight excluding hydrogens is 402 g/mol. The van der Waals surface area contributed by atoms with E-state index in [0.29, 0.717) is 11.1 Å². The number of fused-ring (bicyclic) bond motifs is 1. The molecule has 0 fully saturated rings. The standard InChI is InChI=1S/C30H19N3/c31-20-22-10-14-27(15-11-22)33(28-16-12-23(21-32)13-17-28)30-19-26-9-5-4-8-25(26)18-29(30)24-6-2-1-3-7-24/h1-19H. The molecule has 0 bridgehead atoms. The number of hydrogen-bond donors (Lipinski definition) is 0. The molecule has 0 spiro atoms. The Morgan fingerprint density at radius 3 is 1.52 bits per heavy atom. The van der Waals surface area contributed by atoms with Gasteiger partial charge in [-0.25, -0.2) is 0 Å². The summed E-state index contributed by atoms with van der Waals surface area (Å²) >= 11 is 0. The van der Waals surface area contributed by atoms with Crippen LogP contribution in [-0.2, 0) is 0 Å². The minimum atomic E-state index is 0.611. The number of rotatable bonds is 4. The zero-order valence-electron chi connectivity index (χ0n) is 17.8. The molecule has 0 atom stereocenters. The molecule has 3 heteroatoms. The second kappa shape index (κ2) is 8.71. The van der Waals surface area contributed by atoms with Gasteiger partial charge >= 0.3 is 0 Å². The second-order valence-electron chi connectivity index (χ2n) is 7.74. The summed E-state index contributed by atoms with van der Waals surface area (Å²) in [4.78, 5) is 2.18. The lowest BCUT2D eigenvalue weighted by molar-refractivity contribution is 1.28.